The van der Waals surface area contributed by atoms with Gasteiger partial charge in [0.1, 0.15) is 0 Å². The van der Waals surface area contributed by atoms with Crippen LogP contribution in [0.4, 0.5) is 11.4 Å². The topological polar surface area (TPSA) is 76.7 Å². The highest BCUT2D eigenvalue weighted by Crippen LogP contribution is 2.26. The lowest BCUT2D eigenvalue weighted by Gasteiger charge is -2.13. The molecule has 0 radical (unpaired) electrons. The van der Waals surface area contributed by atoms with Crippen LogP contribution >= 0.6 is 0 Å². The highest BCUT2D eigenvalue weighted by Gasteiger charge is 2.11. The van der Waals surface area contributed by atoms with Gasteiger partial charge >= 0.3 is 0 Å². The summed E-state index contributed by atoms with van der Waals surface area (Å²) in [6.07, 6.45) is 1.19. The van der Waals surface area contributed by atoms with Gasteiger partial charge < -0.3 is 20.1 Å². The zero-order valence-corrected chi connectivity index (χ0v) is 14.4. The third kappa shape index (κ3) is 5.53. The third-order valence-corrected chi connectivity index (χ3v) is 3.38. The van der Waals surface area contributed by atoms with Gasteiger partial charge in [-0.3, -0.25) is 9.59 Å². The summed E-state index contributed by atoms with van der Waals surface area (Å²) in [6.45, 7) is 1.76. The van der Waals surface area contributed by atoms with Crippen LogP contribution in [0.25, 0.3) is 0 Å². The van der Waals surface area contributed by atoms with Crippen molar-refractivity contribution in [1.82, 2.24) is 0 Å². The minimum atomic E-state index is -0.330. The lowest BCUT2D eigenvalue weighted by atomic mass is 10.2. The van der Waals surface area contributed by atoms with E-state index in [1.807, 2.05) is 13.0 Å². The molecule has 132 valence electrons. The summed E-state index contributed by atoms with van der Waals surface area (Å²) in [5.41, 5.74) is 1.09. The van der Waals surface area contributed by atoms with Crippen LogP contribution < -0.4 is 20.1 Å². The van der Waals surface area contributed by atoms with Crippen molar-refractivity contribution in [2.75, 3.05) is 24.4 Å². The monoisotopic (exact) mass is 342 g/mol. The number of para-hydroxylation sites is 4. The quantitative estimate of drug-likeness (QED) is 0.770. The molecule has 25 heavy (non-hydrogen) atoms. The molecular formula is C19H22N2O4. The van der Waals surface area contributed by atoms with Gasteiger partial charge in [-0.2, -0.15) is 0 Å². The first kappa shape index (κ1) is 18.3. The Hall–Kier alpha value is -3.02. The molecule has 0 aliphatic heterocycles. The number of benzene rings is 2. The minimum absolute atomic E-state index is 0.0885. The van der Waals surface area contributed by atoms with E-state index >= 15 is 0 Å². The van der Waals surface area contributed by atoms with Gasteiger partial charge in [-0.25, -0.2) is 0 Å². The van der Waals surface area contributed by atoms with Crippen LogP contribution in [0.5, 0.6) is 11.5 Å². The summed E-state index contributed by atoms with van der Waals surface area (Å²) in [4.78, 5) is 23.9. The van der Waals surface area contributed by atoms with Crippen LogP contribution in [-0.4, -0.2) is 25.5 Å². The first-order valence-electron chi connectivity index (χ1n) is 8.08. The summed E-state index contributed by atoms with van der Waals surface area (Å²) in [7, 11) is 1.54. The van der Waals surface area contributed by atoms with Gasteiger partial charge in [0, 0.05) is 6.42 Å². The summed E-state index contributed by atoms with van der Waals surface area (Å²) in [5.74, 6) is 0.629. The molecule has 0 spiro atoms. The molecule has 0 aliphatic carbocycles. The molecule has 2 aromatic rings. The maximum atomic E-state index is 12.2. The number of nitrogens with one attached hydrogen (secondary N) is 2. The number of hydrogen-bond acceptors (Lipinski definition) is 4. The number of amides is 2. The minimum Gasteiger partial charge on any atom is -0.493 e. The van der Waals surface area contributed by atoms with Crippen LogP contribution in [0.1, 0.15) is 19.8 Å². The SMILES string of the molecule is CCCC(=O)Nc1ccccc1NC(=O)COc1ccccc1OC. The molecule has 2 aromatic carbocycles. The smallest absolute Gasteiger partial charge is 0.262 e. The number of hydrogen-bond donors (Lipinski definition) is 2. The van der Waals surface area contributed by atoms with Crippen LogP contribution in [-0.2, 0) is 9.59 Å². The molecule has 2 rings (SSSR count). The van der Waals surface area contributed by atoms with Gasteiger partial charge in [0.05, 0.1) is 18.5 Å². The molecule has 0 heterocycles. The molecule has 0 aliphatic rings. The Labute approximate surface area is 147 Å². The average molecular weight is 342 g/mol. The van der Waals surface area contributed by atoms with Crippen LogP contribution in [0, 0.1) is 0 Å². The standard InChI is InChI=1S/C19H22N2O4/c1-3-8-18(22)20-14-9-4-5-10-15(14)21-19(23)13-25-17-12-7-6-11-16(17)24-2/h4-7,9-12H,3,8,13H2,1-2H3,(H,20,22)(H,21,23). The summed E-state index contributed by atoms with van der Waals surface area (Å²) in [6, 6.07) is 14.1. The number of ether oxygens (including phenoxy) is 2. The molecule has 6 nitrogen and oxygen atoms in total. The van der Waals surface area contributed by atoms with E-state index in [0.29, 0.717) is 29.3 Å². The van der Waals surface area contributed by atoms with E-state index in [2.05, 4.69) is 10.6 Å². The Morgan fingerprint density at radius 1 is 0.880 bits per heavy atom. The van der Waals surface area contributed by atoms with E-state index in [1.165, 1.54) is 7.11 Å². The third-order valence-electron chi connectivity index (χ3n) is 3.38. The zero-order valence-electron chi connectivity index (χ0n) is 14.4. The predicted molar refractivity (Wildman–Crippen MR) is 97.1 cm³/mol. The first-order valence-corrected chi connectivity index (χ1v) is 8.08. The summed E-state index contributed by atoms with van der Waals surface area (Å²) < 4.78 is 10.7. The van der Waals surface area contributed by atoms with E-state index < -0.39 is 0 Å². The molecule has 0 fully saturated rings. The van der Waals surface area contributed by atoms with Crippen molar-refractivity contribution in [3.8, 4) is 11.5 Å². The molecule has 0 aromatic heterocycles. The van der Waals surface area contributed by atoms with Gasteiger partial charge in [-0.05, 0) is 30.7 Å². The van der Waals surface area contributed by atoms with Crippen LogP contribution in [0.3, 0.4) is 0 Å². The van der Waals surface area contributed by atoms with E-state index in [0.717, 1.165) is 6.42 Å². The van der Waals surface area contributed by atoms with Gasteiger partial charge in [0.15, 0.2) is 18.1 Å². The molecule has 0 atom stereocenters. The van der Waals surface area contributed by atoms with Crippen molar-refractivity contribution < 1.29 is 19.1 Å². The van der Waals surface area contributed by atoms with E-state index in [1.54, 1.807) is 42.5 Å². The number of carbonyl (C=O) groups excluding carboxylic acids is 2. The second kappa shape index (κ2) is 9.32. The largest absolute Gasteiger partial charge is 0.493 e. The molecule has 0 saturated carbocycles. The van der Waals surface area contributed by atoms with E-state index in [-0.39, 0.29) is 18.4 Å². The maximum Gasteiger partial charge on any atom is 0.262 e. The Balaban J connectivity index is 1.97. The van der Waals surface area contributed by atoms with Crippen molar-refractivity contribution in [2.24, 2.45) is 0 Å². The fourth-order valence-electron chi connectivity index (χ4n) is 2.21. The van der Waals surface area contributed by atoms with Crippen molar-refractivity contribution in [2.45, 2.75) is 19.8 Å². The zero-order chi connectivity index (χ0) is 18.1. The molecule has 0 unspecified atom stereocenters. The van der Waals surface area contributed by atoms with Gasteiger partial charge in [0.25, 0.3) is 5.91 Å². The molecule has 6 heteroatoms. The first-order chi connectivity index (χ1) is 12.1. The van der Waals surface area contributed by atoms with Crippen molar-refractivity contribution in [3.05, 3.63) is 48.5 Å². The predicted octanol–water partition coefficient (Wildman–Crippen LogP) is 3.45. The van der Waals surface area contributed by atoms with Gasteiger partial charge in [0.2, 0.25) is 5.91 Å². The molecule has 0 saturated heterocycles. The lowest BCUT2D eigenvalue weighted by molar-refractivity contribution is -0.118. The number of carbonyl (C=O) groups is 2. The molecule has 2 N–H and O–H groups in total. The second-order valence-corrected chi connectivity index (χ2v) is 5.33. The summed E-state index contributed by atoms with van der Waals surface area (Å²) >= 11 is 0. The maximum absolute atomic E-state index is 12.2. The summed E-state index contributed by atoms with van der Waals surface area (Å²) in [5, 5.41) is 5.54. The van der Waals surface area contributed by atoms with E-state index in [4.69, 9.17) is 9.47 Å². The highest BCUT2D eigenvalue weighted by atomic mass is 16.5. The second-order valence-electron chi connectivity index (χ2n) is 5.33. The fourth-order valence-corrected chi connectivity index (χ4v) is 2.21. The Morgan fingerprint density at radius 2 is 1.44 bits per heavy atom. The molecule has 0 bridgehead atoms. The number of rotatable bonds is 8. The Kier molecular flexibility index (Phi) is 6.83. The molecular weight excluding hydrogens is 320 g/mol. The van der Waals surface area contributed by atoms with Crippen molar-refractivity contribution in [1.29, 1.82) is 0 Å². The highest BCUT2D eigenvalue weighted by molar-refractivity contribution is 5.99. The van der Waals surface area contributed by atoms with Crippen molar-refractivity contribution >= 4 is 23.2 Å². The number of methoxy groups -OCH3 is 1. The molecule has 2 amide bonds. The number of anilines is 2. The Morgan fingerprint density at radius 3 is 2.04 bits per heavy atom. The average Bonchev–Trinajstić information content (AvgIpc) is 2.62. The van der Waals surface area contributed by atoms with Gasteiger partial charge in [-0.1, -0.05) is 31.2 Å². The van der Waals surface area contributed by atoms with E-state index in [9.17, 15) is 9.59 Å². The van der Waals surface area contributed by atoms with Crippen LogP contribution in [0.15, 0.2) is 48.5 Å². The fraction of sp³-hybridized carbons (Fsp3) is 0.263. The van der Waals surface area contributed by atoms with Gasteiger partial charge in [-0.15, -0.1) is 0 Å². The Bertz CT molecular complexity index is 731. The normalized spacial score (nSPS) is 10.0. The lowest BCUT2D eigenvalue weighted by Crippen LogP contribution is -2.21. The van der Waals surface area contributed by atoms with Crippen molar-refractivity contribution in [3.63, 3.8) is 0 Å². The van der Waals surface area contributed by atoms with Crippen LogP contribution in [0.2, 0.25) is 0 Å².